The fourth-order valence-corrected chi connectivity index (χ4v) is 1.71. The Hall–Kier alpha value is -1.59. The second-order valence-electron chi connectivity index (χ2n) is 5.01. The molecule has 1 amide bonds. The topological polar surface area (TPSA) is 72.7 Å². The molecule has 0 aromatic heterocycles. The van der Waals surface area contributed by atoms with E-state index in [0.717, 1.165) is 19.0 Å². The SMILES string of the molecule is CC(C)(C)OC(=O)N1CCCC1/C=C/[N+](=O)[O-]. The van der Waals surface area contributed by atoms with Crippen molar-refractivity contribution in [2.75, 3.05) is 6.54 Å². The number of nitrogens with zero attached hydrogens (tertiary/aromatic N) is 2. The van der Waals surface area contributed by atoms with Crippen LogP contribution in [0.4, 0.5) is 4.79 Å². The van der Waals surface area contributed by atoms with Gasteiger partial charge < -0.3 is 9.64 Å². The van der Waals surface area contributed by atoms with E-state index in [2.05, 4.69) is 0 Å². The Balaban J connectivity index is 2.63. The van der Waals surface area contributed by atoms with E-state index in [-0.39, 0.29) is 6.04 Å². The average Bonchev–Trinajstić information content (AvgIpc) is 2.59. The second kappa shape index (κ2) is 5.16. The quantitative estimate of drug-likeness (QED) is 0.549. The number of carbonyl (C=O) groups excluding carboxylic acids is 1. The van der Waals surface area contributed by atoms with Crippen LogP contribution in [-0.4, -0.2) is 34.1 Å². The summed E-state index contributed by atoms with van der Waals surface area (Å²) in [5, 5.41) is 10.2. The van der Waals surface area contributed by atoms with Crippen LogP contribution >= 0.6 is 0 Å². The van der Waals surface area contributed by atoms with E-state index in [1.54, 1.807) is 20.8 Å². The summed E-state index contributed by atoms with van der Waals surface area (Å²) in [5.74, 6) is 0. The first-order chi connectivity index (χ1) is 7.79. The third kappa shape index (κ3) is 4.42. The fourth-order valence-electron chi connectivity index (χ4n) is 1.71. The zero-order valence-electron chi connectivity index (χ0n) is 10.4. The Morgan fingerprint density at radius 3 is 2.71 bits per heavy atom. The smallest absolute Gasteiger partial charge is 0.410 e. The summed E-state index contributed by atoms with van der Waals surface area (Å²) in [6.45, 7) is 5.97. The molecule has 1 aliphatic heterocycles. The zero-order chi connectivity index (χ0) is 13.1. The van der Waals surface area contributed by atoms with Gasteiger partial charge >= 0.3 is 6.09 Å². The van der Waals surface area contributed by atoms with E-state index in [4.69, 9.17) is 4.74 Å². The molecule has 6 heteroatoms. The Morgan fingerprint density at radius 1 is 1.53 bits per heavy atom. The molecule has 0 radical (unpaired) electrons. The molecule has 1 unspecified atom stereocenters. The number of hydrogen-bond acceptors (Lipinski definition) is 4. The molecule has 0 N–H and O–H groups in total. The Labute approximate surface area is 100 Å². The molecule has 1 heterocycles. The van der Waals surface area contributed by atoms with Crippen molar-refractivity contribution in [1.82, 2.24) is 4.90 Å². The third-order valence-electron chi connectivity index (χ3n) is 2.36. The summed E-state index contributed by atoms with van der Waals surface area (Å²) in [6, 6.07) is -0.227. The largest absolute Gasteiger partial charge is 0.444 e. The van der Waals surface area contributed by atoms with Crippen LogP contribution in [0.1, 0.15) is 33.6 Å². The lowest BCUT2D eigenvalue weighted by atomic mass is 10.2. The van der Waals surface area contributed by atoms with Gasteiger partial charge in [0.1, 0.15) is 5.60 Å². The Bertz CT molecular complexity index is 333. The Morgan fingerprint density at radius 2 is 2.18 bits per heavy atom. The van der Waals surface area contributed by atoms with Crippen LogP contribution in [0.3, 0.4) is 0 Å². The van der Waals surface area contributed by atoms with E-state index in [0.29, 0.717) is 6.54 Å². The molecule has 1 saturated heterocycles. The van der Waals surface area contributed by atoms with Gasteiger partial charge in [0.05, 0.1) is 11.0 Å². The van der Waals surface area contributed by atoms with Gasteiger partial charge in [-0.2, -0.15) is 0 Å². The maximum atomic E-state index is 11.8. The predicted octanol–water partition coefficient (Wildman–Crippen LogP) is 2.18. The summed E-state index contributed by atoms with van der Waals surface area (Å²) in [5.41, 5.74) is -0.545. The maximum Gasteiger partial charge on any atom is 0.410 e. The first-order valence-electron chi connectivity index (χ1n) is 5.61. The van der Waals surface area contributed by atoms with Crippen LogP contribution in [0.2, 0.25) is 0 Å². The van der Waals surface area contributed by atoms with E-state index in [1.807, 2.05) is 0 Å². The van der Waals surface area contributed by atoms with Crippen molar-refractivity contribution in [3.63, 3.8) is 0 Å². The summed E-state index contributed by atoms with van der Waals surface area (Å²) >= 11 is 0. The molecule has 1 aliphatic rings. The number of nitro groups is 1. The zero-order valence-corrected chi connectivity index (χ0v) is 10.4. The standard InChI is InChI=1S/C11H18N2O4/c1-11(2,3)17-10(14)12-7-4-5-9(12)6-8-13(15)16/h6,8-9H,4-5,7H2,1-3H3/b8-6+. The van der Waals surface area contributed by atoms with Crippen molar-refractivity contribution in [3.8, 4) is 0 Å². The summed E-state index contributed by atoms with van der Waals surface area (Å²) < 4.78 is 5.24. The van der Waals surface area contributed by atoms with Gasteiger partial charge in [0, 0.05) is 12.6 Å². The molecule has 0 saturated carbocycles. The fraction of sp³-hybridized carbons (Fsp3) is 0.727. The van der Waals surface area contributed by atoms with Gasteiger partial charge in [-0.3, -0.25) is 10.1 Å². The highest BCUT2D eigenvalue weighted by molar-refractivity contribution is 5.69. The molecule has 96 valence electrons. The molecule has 1 fully saturated rings. The summed E-state index contributed by atoms with van der Waals surface area (Å²) in [4.78, 5) is 23.1. The normalized spacial score (nSPS) is 20.9. The highest BCUT2D eigenvalue weighted by atomic mass is 16.6. The number of carbonyl (C=O) groups is 1. The van der Waals surface area contributed by atoms with Crippen molar-refractivity contribution < 1.29 is 14.5 Å². The van der Waals surface area contributed by atoms with Gasteiger partial charge in [-0.05, 0) is 33.6 Å². The molecule has 1 rings (SSSR count). The lowest BCUT2D eigenvalue weighted by Crippen LogP contribution is -2.39. The van der Waals surface area contributed by atoms with Gasteiger partial charge in [0.25, 0.3) is 0 Å². The predicted molar refractivity (Wildman–Crippen MR) is 62.1 cm³/mol. The highest BCUT2D eigenvalue weighted by Gasteiger charge is 2.31. The van der Waals surface area contributed by atoms with Crippen LogP contribution in [0.25, 0.3) is 0 Å². The van der Waals surface area contributed by atoms with Crippen molar-refractivity contribution in [3.05, 3.63) is 22.4 Å². The van der Waals surface area contributed by atoms with Crippen LogP contribution in [0.15, 0.2) is 12.3 Å². The van der Waals surface area contributed by atoms with Gasteiger partial charge in [-0.25, -0.2) is 4.79 Å². The van der Waals surface area contributed by atoms with Gasteiger partial charge in [0.2, 0.25) is 6.20 Å². The second-order valence-corrected chi connectivity index (χ2v) is 5.01. The molecular formula is C11H18N2O4. The summed E-state index contributed by atoms with van der Waals surface area (Å²) in [7, 11) is 0. The minimum Gasteiger partial charge on any atom is -0.444 e. The molecule has 0 spiro atoms. The molecule has 0 bridgehead atoms. The molecule has 0 aliphatic carbocycles. The number of amides is 1. The summed E-state index contributed by atoms with van der Waals surface area (Å²) in [6.07, 6.45) is 3.49. The monoisotopic (exact) mass is 242 g/mol. The van der Waals surface area contributed by atoms with Gasteiger partial charge in [0.15, 0.2) is 0 Å². The van der Waals surface area contributed by atoms with E-state index in [1.165, 1.54) is 11.0 Å². The maximum absolute atomic E-state index is 11.8. The first kappa shape index (κ1) is 13.5. The Kier molecular flexibility index (Phi) is 4.09. The van der Waals surface area contributed by atoms with Crippen molar-refractivity contribution in [1.29, 1.82) is 0 Å². The lowest BCUT2D eigenvalue weighted by molar-refractivity contribution is -0.402. The lowest BCUT2D eigenvalue weighted by Gasteiger charge is -2.26. The number of likely N-dealkylation sites (tertiary alicyclic amines) is 1. The number of rotatable bonds is 2. The molecule has 0 aromatic carbocycles. The molecular weight excluding hydrogens is 224 g/mol. The van der Waals surface area contributed by atoms with Crippen LogP contribution in [-0.2, 0) is 4.74 Å². The minimum absolute atomic E-state index is 0.227. The van der Waals surface area contributed by atoms with E-state index < -0.39 is 16.6 Å². The molecule has 17 heavy (non-hydrogen) atoms. The average molecular weight is 242 g/mol. The van der Waals surface area contributed by atoms with Gasteiger partial charge in [-0.15, -0.1) is 0 Å². The molecule has 6 nitrogen and oxygen atoms in total. The van der Waals surface area contributed by atoms with E-state index >= 15 is 0 Å². The first-order valence-corrected chi connectivity index (χ1v) is 5.61. The van der Waals surface area contributed by atoms with Gasteiger partial charge in [-0.1, -0.05) is 0 Å². The third-order valence-corrected chi connectivity index (χ3v) is 2.36. The van der Waals surface area contributed by atoms with Crippen molar-refractivity contribution >= 4 is 6.09 Å². The van der Waals surface area contributed by atoms with Crippen molar-refractivity contribution in [2.45, 2.75) is 45.3 Å². The molecule has 0 aromatic rings. The van der Waals surface area contributed by atoms with Crippen LogP contribution < -0.4 is 0 Å². The van der Waals surface area contributed by atoms with Crippen molar-refractivity contribution in [2.24, 2.45) is 0 Å². The van der Waals surface area contributed by atoms with Crippen LogP contribution in [0.5, 0.6) is 0 Å². The number of ether oxygens (including phenoxy) is 1. The van der Waals surface area contributed by atoms with E-state index in [9.17, 15) is 14.9 Å². The highest BCUT2D eigenvalue weighted by Crippen LogP contribution is 2.21. The van der Waals surface area contributed by atoms with Crippen LogP contribution in [0, 0.1) is 10.1 Å². The number of hydrogen-bond donors (Lipinski definition) is 0. The molecule has 1 atom stereocenters. The minimum atomic E-state index is -0.545.